The van der Waals surface area contributed by atoms with Crippen LogP contribution in [0.5, 0.6) is 0 Å². The molecule has 1 N–H and O–H groups in total. The zero-order valence-electron chi connectivity index (χ0n) is 14.0. The number of nitrogens with zero attached hydrogens (tertiary/aromatic N) is 2. The molecule has 1 heterocycles. The number of aromatic nitrogens is 2. The second-order valence-corrected chi connectivity index (χ2v) is 6.69. The van der Waals surface area contributed by atoms with Crippen LogP contribution >= 0.6 is 24.4 Å². The number of nitrogens with one attached hydrogen (secondary N) is 1. The van der Waals surface area contributed by atoms with Crippen LogP contribution in [-0.4, -0.2) is 27.8 Å². The molecule has 3 rings (SSSR count). The molecule has 1 amide bonds. The Morgan fingerprint density at radius 1 is 1.08 bits per heavy atom. The minimum Gasteiger partial charge on any atom is -0.350 e. The topological polar surface area (TPSA) is 46.9 Å². The Morgan fingerprint density at radius 2 is 1.64 bits per heavy atom. The van der Waals surface area contributed by atoms with Crippen molar-refractivity contribution in [1.29, 1.82) is 0 Å². The number of hydrogen-bond donors (Lipinski definition) is 2. The molecule has 0 unspecified atom stereocenters. The normalized spacial score (nSPS) is 9.84. The molecule has 25 heavy (non-hydrogen) atoms. The maximum absolute atomic E-state index is 11.3. The molecule has 0 saturated heterocycles. The van der Waals surface area contributed by atoms with Crippen LogP contribution in [0.25, 0.3) is 0 Å². The standard InChI is InChI=1S/C12H10S.C7H11N3OS/c1-3-7-11(8-4-1)13-12-9-5-2-6-10-12;1-10-5-8-4-6(10)7(11)9-2-3-12/h1-10H;4-5,12H,2-3H2,1H3,(H,9,11). The van der Waals surface area contributed by atoms with E-state index in [1.807, 2.05) is 12.1 Å². The molecule has 0 aliphatic rings. The molecule has 0 aliphatic carbocycles. The number of rotatable bonds is 5. The third kappa shape index (κ3) is 6.68. The summed E-state index contributed by atoms with van der Waals surface area (Å²) >= 11 is 5.77. The van der Waals surface area contributed by atoms with E-state index in [2.05, 4.69) is 71.5 Å². The van der Waals surface area contributed by atoms with Crippen LogP contribution in [-0.2, 0) is 7.05 Å². The Morgan fingerprint density at radius 3 is 2.08 bits per heavy atom. The van der Waals surface area contributed by atoms with Gasteiger partial charge in [0.15, 0.2) is 0 Å². The molecule has 0 fully saturated rings. The van der Waals surface area contributed by atoms with Crippen molar-refractivity contribution in [3.05, 3.63) is 78.9 Å². The number of hydrogen-bond acceptors (Lipinski definition) is 4. The highest BCUT2D eigenvalue weighted by Crippen LogP contribution is 2.26. The lowest BCUT2D eigenvalue weighted by Crippen LogP contribution is -2.26. The van der Waals surface area contributed by atoms with Crippen molar-refractivity contribution in [2.75, 3.05) is 12.3 Å². The molecule has 0 spiro atoms. The van der Waals surface area contributed by atoms with E-state index in [-0.39, 0.29) is 5.91 Å². The summed E-state index contributed by atoms with van der Waals surface area (Å²) in [7, 11) is 1.78. The molecule has 1 aromatic heterocycles. The largest absolute Gasteiger partial charge is 0.350 e. The Bertz CT molecular complexity index is 723. The van der Waals surface area contributed by atoms with Gasteiger partial charge in [-0.3, -0.25) is 4.79 Å². The molecule has 4 nitrogen and oxygen atoms in total. The first-order valence-corrected chi connectivity index (χ1v) is 9.29. The van der Waals surface area contributed by atoms with Crippen LogP contribution in [0.1, 0.15) is 10.5 Å². The molecular formula is C19H21N3OS2. The lowest BCUT2D eigenvalue weighted by Gasteiger charge is -2.02. The molecule has 0 saturated carbocycles. The summed E-state index contributed by atoms with van der Waals surface area (Å²) in [5.74, 6) is 0.535. The average Bonchev–Trinajstić information content (AvgIpc) is 3.08. The highest BCUT2D eigenvalue weighted by molar-refractivity contribution is 7.99. The maximum Gasteiger partial charge on any atom is 0.269 e. The van der Waals surface area contributed by atoms with Gasteiger partial charge in [-0.2, -0.15) is 12.6 Å². The number of aryl methyl sites for hydroxylation is 1. The van der Waals surface area contributed by atoms with E-state index < -0.39 is 0 Å². The van der Waals surface area contributed by atoms with Crippen LogP contribution in [0.15, 0.2) is 83.0 Å². The summed E-state index contributed by atoms with van der Waals surface area (Å²) in [6.45, 7) is 0.577. The Labute approximate surface area is 158 Å². The van der Waals surface area contributed by atoms with Crippen LogP contribution in [0.2, 0.25) is 0 Å². The lowest BCUT2D eigenvalue weighted by atomic mass is 10.4. The molecule has 2 aromatic carbocycles. The van der Waals surface area contributed by atoms with E-state index >= 15 is 0 Å². The van der Waals surface area contributed by atoms with Gasteiger partial charge in [-0.05, 0) is 24.3 Å². The number of carbonyl (C=O) groups excluding carboxylic acids is 1. The lowest BCUT2D eigenvalue weighted by molar-refractivity contribution is 0.0948. The molecule has 0 aliphatic heterocycles. The minimum absolute atomic E-state index is 0.107. The average molecular weight is 372 g/mol. The third-order valence-corrected chi connectivity index (χ3v) is 4.41. The highest BCUT2D eigenvalue weighted by atomic mass is 32.2. The van der Waals surface area contributed by atoms with Crippen molar-refractivity contribution in [3.8, 4) is 0 Å². The predicted molar refractivity (Wildman–Crippen MR) is 106 cm³/mol. The van der Waals surface area contributed by atoms with Gasteiger partial charge in [0.2, 0.25) is 0 Å². The first kappa shape index (κ1) is 19.1. The van der Waals surface area contributed by atoms with Gasteiger partial charge in [0.05, 0.1) is 12.5 Å². The van der Waals surface area contributed by atoms with Crippen LogP contribution in [0.4, 0.5) is 0 Å². The fourth-order valence-electron chi connectivity index (χ4n) is 1.95. The Kier molecular flexibility index (Phi) is 8.15. The third-order valence-electron chi connectivity index (χ3n) is 3.17. The van der Waals surface area contributed by atoms with Gasteiger partial charge in [-0.1, -0.05) is 48.2 Å². The smallest absolute Gasteiger partial charge is 0.269 e. The van der Waals surface area contributed by atoms with E-state index in [4.69, 9.17) is 0 Å². The van der Waals surface area contributed by atoms with Crippen LogP contribution in [0.3, 0.4) is 0 Å². The fraction of sp³-hybridized carbons (Fsp3) is 0.158. The zero-order valence-corrected chi connectivity index (χ0v) is 15.7. The maximum atomic E-state index is 11.3. The number of benzene rings is 2. The summed E-state index contributed by atoms with van der Waals surface area (Å²) < 4.78 is 1.67. The number of carbonyl (C=O) groups is 1. The Balaban J connectivity index is 0.000000181. The van der Waals surface area contributed by atoms with E-state index in [9.17, 15) is 4.79 Å². The molecule has 130 valence electrons. The van der Waals surface area contributed by atoms with Gasteiger partial charge in [0, 0.05) is 29.1 Å². The van der Waals surface area contributed by atoms with Gasteiger partial charge >= 0.3 is 0 Å². The SMILES string of the molecule is Cn1cncc1C(=O)NCCS.c1ccc(Sc2ccccc2)cc1. The van der Waals surface area contributed by atoms with Gasteiger partial charge < -0.3 is 9.88 Å². The summed E-state index contributed by atoms with van der Waals surface area (Å²) in [5, 5.41) is 2.70. The molecule has 0 bridgehead atoms. The van der Waals surface area contributed by atoms with Gasteiger partial charge in [0.1, 0.15) is 5.69 Å². The van der Waals surface area contributed by atoms with Crippen molar-refractivity contribution >= 4 is 30.3 Å². The van der Waals surface area contributed by atoms with Gasteiger partial charge in [0.25, 0.3) is 5.91 Å². The molecule has 0 radical (unpaired) electrons. The molecule has 0 atom stereocenters. The minimum atomic E-state index is -0.107. The second-order valence-electron chi connectivity index (χ2n) is 5.10. The molecular weight excluding hydrogens is 350 g/mol. The predicted octanol–water partition coefficient (Wildman–Crippen LogP) is 3.92. The number of thiol groups is 1. The van der Waals surface area contributed by atoms with E-state index in [1.54, 1.807) is 29.7 Å². The molecule has 3 aromatic rings. The monoisotopic (exact) mass is 371 g/mol. The first-order valence-electron chi connectivity index (χ1n) is 7.84. The number of imidazole rings is 1. The second kappa shape index (κ2) is 10.6. The van der Waals surface area contributed by atoms with Gasteiger partial charge in [-0.25, -0.2) is 4.98 Å². The number of amides is 1. The van der Waals surface area contributed by atoms with Crippen LogP contribution < -0.4 is 5.32 Å². The fourth-order valence-corrected chi connectivity index (χ4v) is 2.92. The first-order chi connectivity index (χ1) is 12.2. The Hall–Kier alpha value is -2.18. The van der Waals surface area contributed by atoms with Crippen molar-refractivity contribution in [2.45, 2.75) is 9.79 Å². The summed E-state index contributed by atoms with van der Waals surface area (Å²) in [6, 6.07) is 20.8. The van der Waals surface area contributed by atoms with Crippen LogP contribution in [0, 0.1) is 0 Å². The van der Waals surface area contributed by atoms with Crippen molar-refractivity contribution in [3.63, 3.8) is 0 Å². The zero-order chi connectivity index (χ0) is 17.9. The van der Waals surface area contributed by atoms with Crippen molar-refractivity contribution in [1.82, 2.24) is 14.9 Å². The van der Waals surface area contributed by atoms with Crippen molar-refractivity contribution < 1.29 is 4.79 Å². The van der Waals surface area contributed by atoms with E-state index in [0.29, 0.717) is 18.0 Å². The molecule has 6 heteroatoms. The quantitative estimate of drug-likeness (QED) is 0.668. The van der Waals surface area contributed by atoms with Crippen molar-refractivity contribution in [2.24, 2.45) is 7.05 Å². The summed E-state index contributed by atoms with van der Waals surface area (Å²) in [4.78, 5) is 17.7. The summed E-state index contributed by atoms with van der Waals surface area (Å²) in [6.07, 6.45) is 3.13. The summed E-state index contributed by atoms with van der Waals surface area (Å²) in [5.41, 5.74) is 0.566. The highest BCUT2D eigenvalue weighted by Gasteiger charge is 2.07. The van der Waals surface area contributed by atoms with E-state index in [0.717, 1.165) is 0 Å². The van der Waals surface area contributed by atoms with E-state index in [1.165, 1.54) is 16.0 Å². The van der Waals surface area contributed by atoms with Gasteiger partial charge in [-0.15, -0.1) is 0 Å².